The molecule has 0 radical (unpaired) electrons. The molecule has 1 aliphatic heterocycles. The Morgan fingerprint density at radius 2 is 2.19 bits per heavy atom. The van der Waals surface area contributed by atoms with Crippen molar-refractivity contribution in [3.8, 4) is 17.2 Å². The van der Waals surface area contributed by atoms with Crippen molar-refractivity contribution in [3.63, 3.8) is 0 Å². The summed E-state index contributed by atoms with van der Waals surface area (Å²) in [5.74, 6) is 1.70. The highest BCUT2D eigenvalue weighted by Crippen LogP contribution is 2.42. The van der Waals surface area contributed by atoms with Gasteiger partial charge >= 0.3 is 0 Å². The molecule has 1 N–H and O–H groups in total. The third kappa shape index (κ3) is 1.85. The third-order valence-electron chi connectivity index (χ3n) is 2.68. The standard InChI is InChI=1S/C13H16O3/c1-8(2)4-5-10-6-11-13(16-7-15-11)9(3)12(10)14/h4,6,14H,5,7H2,1-3H3. The fourth-order valence-corrected chi connectivity index (χ4v) is 1.73. The lowest BCUT2D eigenvalue weighted by molar-refractivity contribution is 0.173. The minimum atomic E-state index is 0.238. The van der Waals surface area contributed by atoms with E-state index in [0.717, 1.165) is 16.9 Å². The van der Waals surface area contributed by atoms with Gasteiger partial charge in [-0.25, -0.2) is 0 Å². The van der Waals surface area contributed by atoms with Crippen molar-refractivity contribution >= 4 is 0 Å². The largest absolute Gasteiger partial charge is 0.507 e. The highest BCUT2D eigenvalue weighted by atomic mass is 16.7. The molecule has 3 nitrogen and oxygen atoms in total. The van der Waals surface area contributed by atoms with Gasteiger partial charge in [-0.1, -0.05) is 11.6 Å². The minimum absolute atomic E-state index is 0.238. The number of fused-ring (bicyclic) bond motifs is 1. The molecular formula is C13H16O3. The Bertz CT molecular complexity index is 443. The smallest absolute Gasteiger partial charge is 0.231 e. The Morgan fingerprint density at radius 3 is 2.88 bits per heavy atom. The van der Waals surface area contributed by atoms with E-state index in [9.17, 15) is 5.11 Å². The number of phenols is 1. The predicted octanol–water partition coefficient (Wildman–Crippen LogP) is 2.94. The number of rotatable bonds is 2. The van der Waals surface area contributed by atoms with Gasteiger partial charge in [-0.15, -0.1) is 0 Å². The second-order valence-corrected chi connectivity index (χ2v) is 4.23. The second kappa shape index (κ2) is 4.08. The van der Waals surface area contributed by atoms with Crippen LogP contribution >= 0.6 is 0 Å². The van der Waals surface area contributed by atoms with Crippen LogP contribution in [0.4, 0.5) is 0 Å². The van der Waals surface area contributed by atoms with Crippen LogP contribution in [0.1, 0.15) is 25.0 Å². The van der Waals surface area contributed by atoms with Crippen molar-refractivity contribution in [2.75, 3.05) is 6.79 Å². The average molecular weight is 220 g/mol. The molecule has 0 aliphatic carbocycles. The van der Waals surface area contributed by atoms with Gasteiger partial charge in [0.1, 0.15) is 5.75 Å². The van der Waals surface area contributed by atoms with E-state index >= 15 is 0 Å². The monoisotopic (exact) mass is 220 g/mol. The summed E-state index contributed by atoms with van der Waals surface area (Å²) in [7, 11) is 0. The molecule has 1 aromatic rings. The molecule has 0 bridgehead atoms. The van der Waals surface area contributed by atoms with Gasteiger partial charge in [0.15, 0.2) is 11.5 Å². The summed E-state index contributed by atoms with van der Waals surface area (Å²) in [5, 5.41) is 10.0. The Morgan fingerprint density at radius 1 is 1.44 bits per heavy atom. The average Bonchev–Trinajstić information content (AvgIpc) is 2.69. The van der Waals surface area contributed by atoms with E-state index in [2.05, 4.69) is 6.08 Å². The normalized spacial score (nSPS) is 12.7. The van der Waals surface area contributed by atoms with Crippen molar-refractivity contribution in [1.29, 1.82) is 0 Å². The summed E-state index contributed by atoms with van der Waals surface area (Å²) < 4.78 is 10.6. The van der Waals surface area contributed by atoms with Crippen molar-refractivity contribution in [2.24, 2.45) is 0 Å². The van der Waals surface area contributed by atoms with Gasteiger partial charge in [0.05, 0.1) is 0 Å². The van der Waals surface area contributed by atoms with E-state index < -0.39 is 0 Å². The lowest BCUT2D eigenvalue weighted by Crippen LogP contribution is -1.93. The molecule has 16 heavy (non-hydrogen) atoms. The second-order valence-electron chi connectivity index (χ2n) is 4.23. The first-order valence-corrected chi connectivity index (χ1v) is 5.34. The summed E-state index contributed by atoms with van der Waals surface area (Å²) >= 11 is 0. The summed E-state index contributed by atoms with van der Waals surface area (Å²) in [4.78, 5) is 0. The molecule has 1 heterocycles. The van der Waals surface area contributed by atoms with E-state index in [1.807, 2.05) is 26.8 Å². The molecule has 0 aromatic heterocycles. The molecule has 0 amide bonds. The Kier molecular flexibility index (Phi) is 2.77. The molecule has 2 rings (SSSR count). The van der Waals surface area contributed by atoms with Crippen LogP contribution in [0.15, 0.2) is 17.7 Å². The molecule has 0 spiro atoms. The van der Waals surface area contributed by atoms with Crippen molar-refractivity contribution in [3.05, 3.63) is 28.8 Å². The molecule has 3 heteroatoms. The lowest BCUT2D eigenvalue weighted by atomic mass is 10.0. The maximum atomic E-state index is 10.0. The maximum Gasteiger partial charge on any atom is 0.231 e. The summed E-state index contributed by atoms with van der Waals surface area (Å²) in [6, 6.07) is 1.85. The third-order valence-corrected chi connectivity index (χ3v) is 2.68. The van der Waals surface area contributed by atoms with Crippen molar-refractivity contribution in [2.45, 2.75) is 27.2 Å². The quantitative estimate of drug-likeness (QED) is 0.779. The SMILES string of the molecule is CC(C)=CCc1cc2c(c(C)c1O)OCO2. The summed E-state index contributed by atoms with van der Waals surface area (Å²) in [6.07, 6.45) is 2.79. The van der Waals surface area contributed by atoms with Crippen LogP contribution in [0.2, 0.25) is 0 Å². The zero-order chi connectivity index (χ0) is 11.7. The fourth-order valence-electron chi connectivity index (χ4n) is 1.73. The van der Waals surface area contributed by atoms with Gasteiger partial charge in [-0.05, 0) is 33.3 Å². The lowest BCUT2D eigenvalue weighted by Gasteiger charge is -2.08. The minimum Gasteiger partial charge on any atom is -0.507 e. The van der Waals surface area contributed by atoms with E-state index in [1.54, 1.807) is 0 Å². The number of phenolic OH excluding ortho intramolecular Hbond substituents is 1. The number of benzene rings is 1. The number of aromatic hydroxyl groups is 1. The van der Waals surface area contributed by atoms with Gasteiger partial charge in [0.2, 0.25) is 6.79 Å². The molecule has 0 saturated carbocycles. The van der Waals surface area contributed by atoms with Gasteiger partial charge < -0.3 is 14.6 Å². The van der Waals surface area contributed by atoms with Gasteiger partial charge in [0.25, 0.3) is 0 Å². The van der Waals surface area contributed by atoms with E-state index in [0.29, 0.717) is 17.9 Å². The highest BCUT2D eigenvalue weighted by Gasteiger charge is 2.20. The van der Waals surface area contributed by atoms with Crippen molar-refractivity contribution in [1.82, 2.24) is 0 Å². The predicted molar refractivity (Wildman–Crippen MR) is 62.1 cm³/mol. The van der Waals surface area contributed by atoms with Gasteiger partial charge in [-0.3, -0.25) is 0 Å². The van der Waals surface area contributed by atoms with Crippen molar-refractivity contribution < 1.29 is 14.6 Å². The Balaban J connectivity index is 2.40. The first-order chi connectivity index (χ1) is 7.59. The van der Waals surface area contributed by atoms with Crippen LogP contribution in [0.3, 0.4) is 0 Å². The first-order valence-electron chi connectivity index (χ1n) is 5.34. The zero-order valence-corrected chi connectivity index (χ0v) is 9.83. The molecule has 0 saturated heterocycles. The van der Waals surface area contributed by atoms with Crippen LogP contribution in [0.5, 0.6) is 17.2 Å². The number of allylic oxidation sites excluding steroid dienone is 2. The van der Waals surface area contributed by atoms with Crippen LogP contribution in [0.25, 0.3) is 0 Å². The Hall–Kier alpha value is -1.64. The molecule has 1 aliphatic rings. The molecule has 1 aromatic carbocycles. The fraction of sp³-hybridized carbons (Fsp3) is 0.385. The van der Waals surface area contributed by atoms with E-state index in [4.69, 9.17) is 9.47 Å². The molecule has 0 unspecified atom stereocenters. The first kappa shape index (κ1) is 10.9. The highest BCUT2D eigenvalue weighted by molar-refractivity contribution is 5.58. The van der Waals surface area contributed by atoms with Crippen LogP contribution in [-0.4, -0.2) is 11.9 Å². The van der Waals surface area contributed by atoms with Crippen LogP contribution in [-0.2, 0) is 6.42 Å². The number of hydrogen-bond acceptors (Lipinski definition) is 3. The molecule has 86 valence electrons. The molecule has 0 atom stereocenters. The maximum absolute atomic E-state index is 10.0. The van der Waals surface area contributed by atoms with E-state index in [-0.39, 0.29) is 6.79 Å². The topological polar surface area (TPSA) is 38.7 Å². The summed E-state index contributed by atoms with van der Waals surface area (Å²) in [6.45, 7) is 6.16. The van der Waals surface area contributed by atoms with Crippen LogP contribution < -0.4 is 9.47 Å². The summed E-state index contributed by atoms with van der Waals surface area (Å²) in [5.41, 5.74) is 2.87. The Labute approximate surface area is 95.3 Å². The van der Waals surface area contributed by atoms with Gasteiger partial charge in [-0.2, -0.15) is 0 Å². The molecular weight excluding hydrogens is 204 g/mol. The van der Waals surface area contributed by atoms with Crippen LogP contribution in [0, 0.1) is 6.92 Å². The molecule has 0 fully saturated rings. The van der Waals surface area contributed by atoms with Gasteiger partial charge in [0, 0.05) is 11.1 Å². The van der Waals surface area contributed by atoms with E-state index in [1.165, 1.54) is 5.57 Å². The number of ether oxygens (including phenoxy) is 2. The zero-order valence-electron chi connectivity index (χ0n) is 9.83. The number of hydrogen-bond donors (Lipinski definition) is 1.